The number of halogens is 1. The first kappa shape index (κ1) is 12.7. The van der Waals surface area contributed by atoms with Crippen molar-refractivity contribution < 1.29 is 9.59 Å². The molecule has 1 aliphatic rings. The summed E-state index contributed by atoms with van der Waals surface area (Å²) in [5.41, 5.74) is 0.586. The van der Waals surface area contributed by atoms with E-state index < -0.39 is 6.03 Å². The van der Waals surface area contributed by atoms with Crippen LogP contribution in [-0.4, -0.2) is 24.5 Å². The van der Waals surface area contributed by atoms with Crippen LogP contribution >= 0.6 is 11.6 Å². The average molecular weight is 268 g/mol. The van der Waals surface area contributed by atoms with Gasteiger partial charge in [-0.15, -0.1) is 0 Å². The lowest BCUT2D eigenvalue weighted by atomic mass is 10.3. The third kappa shape index (κ3) is 4.25. The predicted octanol–water partition coefficient (Wildman–Crippen LogP) is 1.74. The van der Waals surface area contributed by atoms with Gasteiger partial charge in [0.25, 0.3) is 0 Å². The first-order valence-corrected chi connectivity index (χ1v) is 6.11. The van der Waals surface area contributed by atoms with Gasteiger partial charge in [0.15, 0.2) is 0 Å². The van der Waals surface area contributed by atoms with Gasteiger partial charge in [-0.2, -0.15) is 0 Å². The molecule has 0 bridgehead atoms. The lowest BCUT2D eigenvalue weighted by Gasteiger charge is -2.08. The van der Waals surface area contributed by atoms with Gasteiger partial charge in [0, 0.05) is 16.8 Å². The van der Waals surface area contributed by atoms with Gasteiger partial charge in [0.05, 0.1) is 6.54 Å². The van der Waals surface area contributed by atoms with Crippen molar-refractivity contribution in [3.63, 3.8) is 0 Å². The number of amides is 3. The van der Waals surface area contributed by atoms with E-state index in [1.165, 1.54) is 0 Å². The Bertz CT molecular complexity index is 460. The molecule has 0 radical (unpaired) electrons. The van der Waals surface area contributed by atoms with Crippen LogP contribution in [-0.2, 0) is 4.79 Å². The monoisotopic (exact) mass is 267 g/mol. The molecule has 0 unspecified atom stereocenters. The summed E-state index contributed by atoms with van der Waals surface area (Å²) >= 11 is 5.78. The van der Waals surface area contributed by atoms with Gasteiger partial charge in [-0.25, -0.2) is 4.79 Å². The Morgan fingerprint density at radius 3 is 2.78 bits per heavy atom. The number of carbonyl (C=O) groups excluding carboxylic acids is 2. The van der Waals surface area contributed by atoms with Gasteiger partial charge in [-0.3, -0.25) is 4.79 Å². The molecule has 0 aliphatic heterocycles. The summed E-state index contributed by atoms with van der Waals surface area (Å²) in [6, 6.07) is 6.67. The minimum absolute atomic E-state index is 0.0249. The molecule has 18 heavy (non-hydrogen) atoms. The third-order valence-electron chi connectivity index (χ3n) is 2.43. The highest BCUT2D eigenvalue weighted by Crippen LogP contribution is 2.18. The van der Waals surface area contributed by atoms with Gasteiger partial charge in [0.2, 0.25) is 5.91 Å². The molecule has 1 saturated carbocycles. The number of benzene rings is 1. The van der Waals surface area contributed by atoms with Gasteiger partial charge in [-0.05, 0) is 31.0 Å². The first-order valence-electron chi connectivity index (χ1n) is 5.73. The van der Waals surface area contributed by atoms with Crippen molar-refractivity contribution in [2.24, 2.45) is 0 Å². The normalized spacial score (nSPS) is 13.8. The van der Waals surface area contributed by atoms with E-state index in [1.807, 2.05) is 0 Å². The molecule has 3 N–H and O–H groups in total. The van der Waals surface area contributed by atoms with Crippen molar-refractivity contribution in [3.05, 3.63) is 29.3 Å². The molecule has 1 aromatic rings. The van der Waals surface area contributed by atoms with Crippen molar-refractivity contribution in [2.45, 2.75) is 18.9 Å². The second-order valence-electron chi connectivity index (χ2n) is 4.16. The maximum atomic E-state index is 11.5. The lowest BCUT2D eigenvalue weighted by molar-refractivity contribution is -0.120. The summed E-state index contributed by atoms with van der Waals surface area (Å²) < 4.78 is 0. The van der Waals surface area contributed by atoms with Crippen molar-refractivity contribution in [3.8, 4) is 0 Å². The topological polar surface area (TPSA) is 70.2 Å². The number of hydrogen-bond acceptors (Lipinski definition) is 2. The quantitative estimate of drug-likeness (QED) is 0.778. The molecule has 96 valence electrons. The Morgan fingerprint density at radius 1 is 1.33 bits per heavy atom. The molecule has 0 aromatic heterocycles. The lowest BCUT2D eigenvalue weighted by Crippen LogP contribution is -2.39. The van der Waals surface area contributed by atoms with Crippen LogP contribution < -0.4 is 16.0 Å². The zero-order valence-corrected chi connectivity index (χ0v) is 10.5. The molecular weight excluding hydrogens is 254 g/mol. The number of urea groups is 1. The molecule has 3 amide bonds. The second-order valence-corrected chi connectivity index (χ2v) is 4.60. The molecule has 6 heteroatoms. The fourth-order valence-electron chi connectivity index (χ4n) is 1.41. The van der Waals surface area contributed by atoms with E-state index in [1.54, 1.807) is 24.3 Å². The van der Waals surface area contributed by atoms with Gasteiger partial charge in [-0.1, -0.05) is 17.7 Å². The fraction of sp³-hybridized carbons (Fsp3) is 0.333. The van der Waals surface area contributed by atoms with Crippen LogP contribution in [0.25, 0.3) is 0 Å². The van der Waals surface area contributed by atoms with E-state index in [4.69, 9.17) is 11.6 Å². The van der Waals surface area contributed by atoms with Crippen molar-refractivity contribution in [2.75, 3.05) is 11.9 Å². The Hall–Kier alpha value is -1.75. The van der Waals surface area contributed by atoms with E-state index in [2.05, 4.69) is 16.0 Å². The van der Waals surface area contributed by atoms with E-state index in [9.17, 15) is 9.59 Å². The zero-order valence-electron chi connectivity index (χ0n) is 9.70. The largest absolute Gasteiger partial charge is 0.352 e. The zero-order chi connectivity index (χ0) is 13.0. The number of carbonyl (C=O) groups is 2. The average Bonchev–Trinajstić information content (AvgIpc) is 3.10. The number of rotatable bonds is 4. The summed E-state index contributed by atoms with van der Waals surface area (Å²) in [5.74, 6) is -0.168. The van der Waals surface area contributed by atoms with Gasteiger partial charge >= 0.3 is 6.03 Å². The molecule has 0 saturated heterocycles. The smallest absolute Gasteiger partial charge is 0.319 e. The summed E-state index contributed by atoms with van der Waals surface area (Å²) in [6.07, 6.45) is 2.06. The van der Waals surface area contributed by atoms with Gasteiger partial charge < -0.3 is 16.0 Å². The minimum Gasteiger partial charge on any atom is -0.352 e. The molecule has 0 spiro atoms. The molecule has 1 aliphatic carbocycles. The highest BCUT2D eigenvalue weighted by atomic mass is 35.5. The minimum atomic E-state index is -0.428. The molecular formula is C12H14ClN3O2. The molecule has 1 aromatic carbocycles. The maximum absolute atomic E-state index is 11.5. The van der Waals surface area contributed by atoms with Crippen molar-refractivity contribution in [1.29, 1.82) is 0 Å². The highest BCUT2D eigenvalue weighted by Gasteiger charge is 2.23. The van der Waals surface area contributed by atoms with Crippen molar-refractivity contribution in [1.82, 2.24) is 10.6 Å². The number of anilines is 1. The Kier molecular flexibility index (Phi) is 4.04. The van der Waals surface area contributed by atoms with Crippen LogP contribution in [0.1, 0.15) is 12.8 Å². The SMILES string of the molecule is O=C(CNC(=O)Nc1cccc(Cl)c1)NC1CC1. The van der Waals surface area contributed by atoms with Crippen molar-refractivity contribution >= 4 is 29.2 Å². The summed E-state index contributed by atoms with van der Waals surface area (Å²) in [6.45, 7) is -0.0249. The first-order chi connectivity index (χ1) is 8.63. The van der Waals surface area contributed by atoms with Crippen LogP contribution in [0.5, 0.6) is 0 Å². The van der Waals surface area contributed by atoms with Crippen LogP contribution in [0.15, 0.2) is 24.3 Å². The fourth-order valence-corrected chi connectivity index (χ4v) is 1.60. The standard InChI is InChI=1S/C12H14ClN3O2/c13-8-2-1-3-10(6-8)16-12(18)14-7-11(17)15-9-4-5-9/h1-3,6,9H,4-5,7H2,(H,15,17)(H2,14,16,18). The van der Waals surface area contributed by atoms with Crippen LogP contribution in [0.4, 0.5) is 10.5 Å². The maximum Gasteiger partial charge on any atom is 0.319 e. The molecule has 2 rings (SSSR count). The Morgan fingerprint density at radius 2 is 2.11 bits per heavy atom. The number of nitrogens with one attached hydrogen (secondary N) is 3. The predicted molar refractivity (Wildman–Crippen MR) is 69.6 cm³/mol. The summed E-state index contributed by atoms with van der Waals surface area (Å²) in [5, 5.41) is 8.39. The van der Waals surface area contributed by atoms with Crippen LogP contribution in [0.3, 0.4) is 0 Å². The Labute approximate surface area is 110 Å². The molecule has 0 heterocycles. The summed E-state index contributed by atoms with van der Waals surface area (Å²) in [7, 11) is 0. The van der Waals surface area contributed by atoms with E-state index >= 15 is 0 Å². The third-order valence-corrected chi connectivity index (χ3v) is 2.67. The second kappa shape index (κ2) is 5.73. The molecule has 1 fully saturated rings. The molecule has 5 nitrogen and oxygen atoms in total. The van der Waals surface area contributed by atoms with E-state index in [0.29, 0.717) is 16.8 Å². The van der Waals surface area contributed by atoms with E-state index in [0.717, 1.165) is 12.8 Å². The van der Waals surface area contributed by atoms with Crippen LogP contribution in [0.2, 0.25) is 5.02 Å². The van der Waals surface area contributed by atoms with Gasteiger partial charge in [0.1, 0.15) is 0 Å². The Balaban J connectivity index is 1.72. The van der Waals surface area contributed by atoms with E-state index in [-0.39, 0.29) is 12.5 Å². The molecule has 0 atom stereocenters. The number of hydrogen-bond donors (Lipinski definition) is 3. The highest BCUT2D eigenvalue weighted by molar-refractivity contribution is 6.30. The van der Waals surface area contributed by atoms with Crippen LogP contribution in [0, 0.1) is 0 Å². The summed E-state index contributed by atoms with van der Waals surface area (Å²) in [4.78, 5) is 22.8.